The van der Waals surface area contributed by atoms with Gasteiger partial charge in [-0.05, 0) is 68.0 Å². The smallest absolute Gasteiger partial charge is 0.266 e. The molecular formula is C27H25ClN2O4. The Morgan fingerprint density at radius 3 is 2.38 bits per heavy atom. The van der Waals surface area contributed by atoms with Crippen LogP contribution in [0.4, 0.5) is 5.69 Å². The van der Waals surface area contributed by atoms with Crippen LogP contribution in [0.15, 0.2) is 72.3 Å². The number of benzene rings is 3. The molecule has 3 aromatic rings. The number of carbonyl (C=O) groups is 1. The van der Waals surface area contributed by atoms with E-state index in [-0.39, 0.29) is 12.2 Å². The fourth-order valence-electron chi connectivity index (χ4n) is 3.09. The first-order valence-corrected chi connectivity index (χ1v) is 11.2. The van der Waals surface area contributed by atoms with Crippen molar-refractivity contribution in [2.45, 2.75) is 20.5 Å². The van der Waals surface area contributed by atoms with Gasteiger partial charge in [0.05, 0.1) is 13.2 Å². The lowest BCUT2D eigenvalue weighted by Gasteiger charge is -2.13. The third-order valence-electron chi connectivity index (χ3n) is 4.71. The third kappa shape index (κ3) is 6.77. The first kappa shape index (κ1) is 24.7. The Morgan fingerprint density at radius 2 is 1.71 bits per heavy atom. The van der Waals surface area contributed by atoms with Gasteiger partial charge in [-0.1, -0.05) is 35.9 Å². The number of nitriles is 1. The number of nitrogens with one attached hydrogen (secondary N) is 1. The normalized spacial score (nSPS) is 10.8. The Bertz CT molecular complexity index is 1200. The summed E-state index contributed by atoms with van der Waals surface area (Å²) in [6.07, 6.45) is 1.50. The second kappa shape index (κ2) is 12.3. The lowest BCUT2D eigenvalue weighted by atomic mass is 10.1. The van der Waals surface area contributed by atoms with Crippen molar-refractivity contribution < 1.29 is 19.0 Å². The fraction of sp³-hybridized carbons (Fsp3) is 0.185. The van der Waals surface area contributed by atoms with Gasteiger partial charge >= 0.3 is 0 Å². The third-order valence-corrected chi connectivity index (χ3v) is 5.08. The quantitative estimate of drug-likeness (QED) is 0.276. The van der Waals surface area contributed by atoms with E-state index in [1.54, 1.807) is 48.5 Å². The molecule has 0 unspecified atom stereocenters. The number of anilines is 1. The molecule has 0 spiro atoms. The number of halogens is 1. The Morgan fingerprint density at radius 1 is 0.971 bits per heavy atom. The van der Waals surface area contributed by atoms with E-state index >= 15 is 0 Å². The van der Waals surface area contributed by atoms with Crippen LogP contribution < -0.4 is 19.5 Å². The number of hydrogen-bond donors (Lipinski definition) is 1. The fourth-order valence-corrected chi connectivity index (χ4v) is 3.28. The van der Waals surface area contributed by atoms with E-state index in [2.05, 4.69) is 5.32 Å². The van der Waals surface area contributed by atoms with Crippen LogP contribution in [0.2, 0.25) is 5.02 Å². The molecule has 3 rings (SSSR count). The van der Waals surface area contributed by atoms with E-state index in [9.17, 15) is 10.1 Å². The molecule has 0 saturated heterocycles. The SMILES string of the molecule is CCOc1ccc(NC(=O)/C(C#N)=C/c2ccc(OCc3ccccc3Cl)c(OCC)c2)cc1. The Kier molecular flexibility index (Phi) is 8.96. The minimum absolute atomic E-state index is 0.0407. The number of hydrogen-bond acceptors (Lipinski definition) is 5. The Balaban J connectivity index is 1.75. The lowest BCUT2D eigenvalue weighted by molar-refractivity contribution is -0.112. The molecule has 3 aromatic carbocycles. The van der Waals surface area contributed by atoms with Crippen LogP contribution in [0.3, 0.4) is 0 Å². The highest BCUT2D eigenvalue weighted by Crippen LogP contribution is 2.31. The molecule has 34 heavy (non-hydrogen) atoms. The van der Waals surface area contributed by atoms with Crippen molar-refractivity contribution in [1.29, 1.82) is 5.26 Å². The van der Waals surface area contributed by atoms with Gasteiger partial charge in [0.15, 0.2) is 11.5 Å². The van der Waals surface area contributed by atoms with Crippen LogP contribution in [0.5, 0.6) is 17.2 Å². The van der Waals surface area contributed by atoms with E-state index in [0.717, 1.165) is 5.56 Å². The molecule has 174 valence electrons. The topological polar surface area (TPSA) is 80.6 Å². The summed E-state index contributed by atoms with van der Waals surface area (Å²) in [4.78, 5) is 12.6. The van der Waals surface area contributed by atoms with Crippen molar-refractivity contribution >= 4 is 29.3 Å². The van der Waals surface area contributed by atoms with Crippen LogP contribution in [-0.2, 0) is 11.4 Å². The summed E-state index contributed by atoms with van der Waals surface area (Å²) in [5.41, 5.74) is 2.01. The summed E-state index contributed by atoms with van der Waals surface area (Å²) in [6.45, 7) is 5.03. The molecule has 1 N–H and O–H groups in total. The van der Waals surface area contributed by atoms with Gasteiger partial charge in [0.2, 0.25) is 0 Å². The van der Waals surface area contributed by atoms with Crippen molar-refractivity contribution in [3.63, 3.8) is 0 Å². The number of rotatable bonds is 10. The average molecular weight is 477 g/mol. The zero-order valence-corrected chi connectivity index (χ0v) is 19.8. The highest BCUT2D eigenvalue weighted by atomic mass is 35.5. The van der Waals surface area contributed by atoms with Crippen LogP contribution >= 0.6 is 11.6 Å². The second-order valence-electron chi connectivity index (χ2n) is 7.10. The highest BCUT2D eigenvalue weighted by Gasteiger charge is 2.12. The van der Waals surface area contributed by atoms with Crippen molar-refractivity contribution in [3.05, 3.63) is 88.5 Å². The van der Waals surface area contributed by atoms with Crippen molar-refractivity contribution in [2.24, 2.45) is 0 Å². The molecule has 0 atom stereocenters. The summed E-state index contributed by atoms with van der Waals surface area (Å²) in [6, 6.07) is 21.6. The Labute approximate surface area is 204 Å². The molecule has 0 bridgehead atoms. The molecule has 7 heteroatoms. The zero-order valence-electron chi connectivity index (χ0n) is 19.0. The summed E-state index contributed by atoms with van der Waals surface area (Å²) >= 11 is 6.21. The molecule has 0 aliphatic carbocycles. The number of ether oxygens (including phenoxy) is 3. The minimum atomic E-state index is -0.510. The van der Waals surface area contributed by atoms with Gasteiger partial charge in [-0.15, -0.1) is 0 Å². The number of carbonyl (C=O) groups excluding carboxylic acids is 1. The molecule has 6 nitrogen and oxygen atoms in total. The lowest BCUT2D eigenvalue weighted by Crippen LogP contribution is -2.13. The predicted octanol–water partition coefficient (Wildman–Crippen LogP) is 6.26. The van der Waals surface area contributed by atoms with Gasteiger partial charge in [-0.25, -0.2) is 0 Å². The van der Waals surface area contributed by atoms with Gasteiger partial charge in [-0.2, -0.15) is 5.26 Å². The molecule has 0 fully saturated rings. The van der Waals surface area contributed by atoms with Crippen molar-refractivity contribution in [3.8, 4) is 23.3 Å². The highest BCUT2D eigenvalue weighted by molar-refractivity contribution is 6.31. The first-order chi connectivity index (χ1) is 16.5. The van der Waals surface area contributed by atoms with Gasteiger partial charge in [-0.3, -0.25) is 4.79 Å². The van der Waals surface area contributed by atoms with Crippen LogP contribution in [0, 0.1) is 11.3 Å². The Hall–Kier alpha value is -3.95. The van der Waals surface area contributed by atoms with Crippen LogP contribution in [0.25, 0.3) is 6.08 Å². The van der Waals surface area contributed by atoms with Gasteiger partial charge in [0.25, 0.3) is 5.91 Å². The van der Waals surface area contributed by atoms with Gasteiger partial charge < -0.3 is 19.5 Å². The predicted molar refractivity (Wildman–Crippen MR) is 133 cm³/mol. The van der Waals surface area contributed by atoms with Crippen LogP contribution in [0.1, 0.15) is 25.0 Å². The molecule has 0 heterocycles. The van der Waals surface area contributed by atoms with E-state index in [4.69, 9.17) is 25.8 Å². The standard InChI is InChI=1S/C27H25ClN2O4/c1-3-32-23-12-10-22(11-13-23)30-27(31)21(17-29)15-19-9-14-25(26(16-19)33-4-2)34-18-20-7-5-6-8-24(20)28/h5-16H,3-4,18H2,1-2H3,(H,30,31)/b21-15+. The zero-order chi connectivity index (χ0) is 24.3. The second-order valence-corrected chi connectivity index (χ2v) is 7.51. The monoisotopic (exact) mass is 476 g/mol. The molecule has 0 aliphatic heterocycles. The largest absolute Gasteiger partial charge is 0.494 e. The molecular weight excluding hydrogens is 452 g/mol. The van der Waals surface area contributed by atoms with Gasteiger partial charge in [0, 0.05) is 16.3 Å². The maximum Gasteiger partial charge on any atom is 0.266 e. The summed E-state index contributed by atoms with van der Waals surface area (Å²) in [5, 5.41) is 12.9. The first-order valence-electron chi connectivity index (χ1n) is 10.8. The molecule has 0 radical (unpaired) electrons. The van der Waals surface area contributed by atoms with Crippen molar-refractivity contribution in [2.75, 3.05) is 18.5 Å². The maximum atomic E-state index is 12.6. The summed E-state index contributed by atoms with van der Waals surface area (Å²) in [5.74, 6) is 1.24. The van der Waals surface area contributed by atoms with Crippen molar-refractivity contribution in [1.82, 2.24) is 0 Å². The van der Waals surface area contributed by atoms with Gasteiger partial charge in [0.1, 0.15) is 24.0 Å². The average Bonchev–Trinajstić information content (AvgIpc) is 2.84. The van der Waals surface area contributed by atoms with E-state index in [1.165, 1.54) is 6.08 Å². The summed E-state index contributed by atoms with van der Waals surface area (Å²) in [7, 11) is 0. The summed E-state index contributed by atoms with van der Waals surface area (Å²) < 4.78 is 17.0. The molecule has 1 amide bonds. The van der Waals surface area contributed by atoms with Crippen LogP contribution in [-0.4, -0.2) is 19.1 Å². The number of amides is 1. The van der Waals surface area contributed by atoms with E-state index in [1.807, 2.05) is 38.1 Å². The number of nitrogens with zero attached hydrogens (tertiary/aromatic N) is 1. The van der Waals surface area contributed by atoms with E-state index in [0.29, 0.717) is 46.7 Å². The molecule has 0 saturated carbocycles. The minimum Gasteiger partial charge on any atom is -0.494 e. The molecule has 0 aromatic heterocycles. The molecule has 0 aliphatic rings. The van der Waals surface area contributed by atoms with E-state index < -0.39 is 5.91 Å². The maximum absolute atomic E-state index is 12.6.